The Kier molecular flexibility index (Phi) is 6.20. The molecule has 2 aromatic heterocycles. The first-order chi connectivity index (χ1) is 14.9. The second-order valence-corrected chi connectivity index (χ2v) is 7.78. The molecular formula is C22H23F4N5. The zero-order valence-corrected chi connectivity index (χ0v) is 16.9. The van der Waals surface area contributed by atoms with Crippen LogP contribution in [0.2, 0.25) is 0 Å². The standard InChI is InChI=1S/C22H23F4N5/c23-10-12-31-14-29-19(16-1-3-17(24)4-2-16)20(31)18-7-11-27-21(30-18)28-13-15-5-8-22(25,26)9-6-15/h1-4,7,11,14-15H,5-6,8-10,12-13H2,(H,27,28,30). The van der Waals surface area contributed by atoms with Crippen molar-refractivity contribution in [1.29, 1.82) is 0 Å². The third kappa shape index (κ3) is 5.03. The van der Waals surface area contributed by atoms with Crippen LogP contribution in [0.4, 0.5) is 23.5 Å². The molecule has 9 heteroatoms. The van der Waals surface area contributed by atoms with Gasteiger partial charge >= 0.3 is 0 Å². The number of benzene rings is 1. The zero-order valence-electron chi connectivity index (χ0n) is 16.9. The summed E-state index contributed by atoms with van der Waals surface area (Å²) in [6, 6.07) is 7.60. The van der Waals surface area contributed by atoms with E-state index in [1.807, 2.05) is 0 Å². The Morgan fingerprint density at radius 2 is 1.81 bits per heavy atom. The quantitative estimate of drug-likeness (QED) is 0.510. The van der Waals surface area contributed by atoms with Crippen LogP contribution < -0.4 is 5.32 Å². The molecule has 1 aliphatic rings. The van der Waals surface area contributed by atoms with E-state index in [0.29, 0.717) is 48.0 Å². The van der Waals surface area contributed by atoms with Gasteiger partial charge in [0.15, 0.2) is 0 Å². The number of imidazole rings is 1. The normalized spacial score (nSPS) is 16.4. The highest BCUT2D eigenvalue weighted by Gasteiger charge is 2.34. The lowest BCUT2D eigenvalue weighted by molar-refractivity contribution is -0.0443. The third-order valence-electron chi connectivity index (χ3n) is 5.56. The average Bonchev–Trinajstić information content (AvgIpc) is 3.18. The van der Waals surface area contributed by atoms with Crippen LogP contribution in [-0.2, 0) is 6.54 Å². The Morgan fingerprint density at radius 1 is 1.06 bits per heavy atom. The van der Waals surface area contributed by atoms with Gasteiger partial charge in [0.2, 0.25) is 11.9 Å². The minimum atomic E-state index is -2.56. The van der Waals surface area contributed by atoms with Gasteiger partial charge in [0.05, 0.1) is 30.0 Å². The van der Waals surface area contributed by atoms with Gasteiger partial charge in [-0.2, -0.15) is 0 Å². The molecule has 2 heterocycles. The molecule has 0 aliphatic heterocycles. The molecule has 5 nitrogen and oxygen atoms in total. The fourth-order valence-corrected chi connectivity index (χ4v) is 3.85. The van der Waals surface area contributed by atoms with E-state index in [-0.39, 0.29) is 31.1 Å². The van der Waals surface area contributed by atoms with Gasteiger partial charge in [-0.15, -0.1) is 0 Å². The number of alkyl halides is 3. The molecule has 0 atom stereocenters. The van der Waals surface area contributed by atoms with E-state index in [1.54, 1.807) is 29.0 Å². The van der Waals surface area contributed by atoms with Crippen LogP contribution in [0.15, 0.2) is 42.9 Å². The van der Waals surface area contributed by atoms with Crippen molar-refractivity contribution in [3.05, 3.63) is 48.7 Å². The van der Waals surface area contributed by atoms with E-state index >= 15 is 0 Å². The van der Waals surface area contributed by atoms with E-state index in [2.05, 4.69) is 20.3 Å². The molecule has 0 saturated heterocycles. The summed E-state index contributed by atoms with van der Waals surface area (Å²) in [5, 5.41) is 3.14. The molecule has 0 amide bonds. The highest BCUT2D eigenvalue weighted by molar-refractivity contribution is 5.77. The summed E-state index contributed by atoms with van der Waals surface area (Å²) in [7, 11) is 0. The maximum absolute atomic E-state index is 13.4. The van der Waals surface area contributed by atoms with Gasteiger partial charge < -0.3 is 9.88 Å². The number of aryl methyl sites for hydroxylation is 1. The fourth-order valence-electron chi connectivity index (χ4n) is 3.85. The van der Waals surface area contributed by atoms with E-state index in [9.17, 15) is 17.6 Å². The minimum Gasteiger partial charge on any atom is -0.354 e. The molecule has 0 unspecified atom stereocenters. The number of hydrogen-bond acceptors (Lipinski definition) is 4. The summed E-state index contributed by atoms with van der Waals surface area (Å²) in [5.74, 6) is -2.41. The molecule has 1 saturated carbocycles. The summed E-state index contributed by atoms with van der Waals surface area (Å²) >= 11 is 0. The van der Waals surface area contributed by atoms with Gasteiger partial charge in [-0.05, 0) is 49.1 Å². The third-order valence-corrected chi connectivity index (χ3v) is 5.56. The van der Waals surface area contributed by atoms with Gasteiger partial charge in [-0.25, -0.2) is 32.5 Å². The molecule has 0 bridgehead atoms. The van der Waals surface area contributed by atoms with Crippen LogP contribution in [-0.4, -0.2) is 38.7 Å². The van der Waals surface area contributed by atoms with Crippen molar-refractivity contribution in [2.24, 2.45) is 5.92 Å². The molecule has 3 aromatic rings. The van der Waals surface area contributed by atoms with Crippen LogP contribution in [0.5, 0.6) is 0 Å². The number of hydrogen-bond donors (Lipinski definition) is 1. The Labute approximate surface area is 177 Å². The van der Waals surface area contributed by atoms with E-state index < -0.39 is 12.6 Å². The molecule has 0 spiro atoms. The molecule has 1 fully saturated rings. The van der Waals surface area contributed by atoms with Crippen LogP contribution in [0.25, 0.3) is 22.6 Å². The highest BCUT2D eigenvalue weighted by atomic mass is 19.3. The first-order valence-corrected chi connectivity index (χ1v) is 10.3. The summed E-state index contributed by atoms with van der Waals surface area (Å²) in [5.41, 5.74) is 2.39. The fraction of sp³-hybridized carbons (Fsp3) is 0.409. The molecule has 164 valence electrons. The van der Waals surface area contributed by atoms with Crippen LogP contribution in [0.1, 0.15) is 25.7 Å². The van der Waals surface area contributed by atoms with E-state index in [1.165, 1.54) is 18.5 Å². The van der Waals surface area contributed by atoms with Gasteiger partial charge in [0.1, 0.15) is 12.5 Å². The Hall–Kier alpha value is -2.97. The lowest BCUT2D eigenvalue weighted by Crippen LogP contribution is -2.28. The van der Waals surface area contributed by atoms with Gasteiger partial charge in [0, 0.05) is 31.1 Å². The summed E-state index contributed by atoms with van der Waals surface area (Å²) in [6.07, 6.45) is 3.84. The lowest BCUT2D eigenvalue weighted by Gasteiger charge is -2.28. The molecule has 1 aromatic carbocycles. The first kappa shape index (κ1) is 21.3. The topological polar surface area (TPSA) is 55.6 Å². The van der Waals surface area contributed by atoms with Crippen LogP contribution >= 0.6 is 0 Å². The second kappa shape index (κ2) is 9.03. The van der Waals surface area contributed by atoms with Gasteiger partial charge in [-0.1, -0.05) is 0 Å². The second-order valence-electron chi connectivity index (χ2n) is 7.78. The molecule has 1 N–H and O–H groups in total. The Bertz CT molecular complexity index is 1010. The van der Waals surface area contributed by atoms with Gasteiger partial charge in [0.25, 0.3) is 0 Å². The minimum absolute atomic E-state index is 0.0936. The highest BCUT2D eigenvalue weighted by Crippen LogP contribution is 2.36. The summed E-state index contributed by atoms with van der Waals surface area (Å²) in [6.45, 7) is 0.0371. The van der Waals surface area contributed by atoms with Crippen LogP contribution in [0.3, 0.4) is 0 Å². The molecular weight excluding hydrogens is 410 g/mol. The average molecular weight is 433 g/mol. The van der Waals surface area contributed by atoms with Crippen molar-refractivity contribution in [1.82, 2.24) is 19.5 Å². The molecule has 0 radical (unpaired) electrons. The predicted octanol–water partition coefficient (Wildman–Crippen LogP) is 5.35. The van der Waals surface area contributed by atoms with E-state index in [4.69, 9.17) is 0 Å². The van der Waals surface area contributed by atoms with Crippen molar-refractivity contribution in [2.45, 2.75) is 38.2 Å². The largest absolute Gasteiger partial charge is 0.354 e. The first-order valence-electron chi connectivity index (χ1n) is 10.3. The molecule has 4 rings (SSSR count). The van der Waals surface area contributed by atoms with E-state index in [0.717, 1.165) is 0 Å². The van der Waals surface area contributed by atoms with Crippen LogP contribution in [0, 0.1) is 11.7 Å². The lowest BCUT2D eigenvalue weighted by atomic mass is 9.87. The van der Waals surface area contributed by atoms with Crippen molar-refractivity contribution in [2.75, 3.05) is 18.5 Å². The maximum atomic E-state index is 13.4. The molecule has 31 heavy (non-hydrogen) atoms. The predicted molar refractivity (Wildman–Crippen MR) is 110 cm³/mol. The number of nitrogens with one attached hydrogen (secondary N) is 1. The van der Waals surface area contributed by atoms with Crippen molar-refractivity contribution in [3.8, 4) is 22.6 Å². The number of rotatable bonds is 7. The summed E-state index contributed by atoms with van der Waals surface area (Å²) in [4.78, 5) is 13.2. The Morgan fingerprint density at radius 3 is 2.52 bits per heavy atom. The van der Waals surface area contributed by atoms with Gasteiger partial charge in [-0.3, -0.25) is 0 Å². The molecule has 1 aliphatic carbocycles. The monoisotopic (exact) mass is 433 g/mol. The maximum Gasteiger partial charge on any atom is 0.248 e. The number of aromatic nitrogens is 4. The number of nitrogens with zero attached hydrogens (tertiary/aromatic N) is 4. The van der Waals surface area contributed by atoms with Crippen molar-refractivity contribution in [3.63, 3.8) is 0 Å². The summed E-state index contributed by atoms with van der Waals surface area (Å²) < 4.78 is 54.8. The number of anilines is 1. The zero-order chi connectivity index (χ0) is 21.8. The number of halogens is 4. The van der Waals surface area contributed by atoms with Crippen molar-refractivity contribution >= 4 is 5.95 Å². The smallest absolute Gasteiger partial charge is 0.248 e. The Balaban J connectivity index is 1.57. The van der Waals surface area contributed by atoms with Crippen molar-refractivity contribution < 1.29 is 17.6 Å². The SMILES string of the molecule is FCCn1cnc(-c2ccc(F)cc2)c1-c1ccnc(NCC2CCC(F)(F)CC2)n1.